The van der Waals surface area contributed by atoms with Crippen LogP contribution in [0.3, 0.4) is 0 Å². The Morgan fingerprint density at radius 1 is 0.923 bits per heavy atom. The molecule has 0 bridgehead atoms. The van der Waals surface area contributed by atoms with Gasteiger partial charge < -0.3 is 21.1 Å². The quantitative estimate of drug-likeness (QED) is 0.659. The molecule has 0 aliphatic heterocycles. The van der Waals surface area contributed by atoms with Gasteiger partial charge in [0, 0.05) is 42.3 Å². The van der Waals surface area contributed by atoms with Gasteiger partial charge in [-0.05, 0) is 32.6 Å². The summed E-state index contributed by atoms with van der Waals surface area (Å²) in [6, 6.07) is 7.95. The van der Waals surface area contributed by atoms with Crippen molar-refractivity contribution in [2.24, 2.45) is 5.73 Å². The minimum atomic E-state index is 0.287. The van der Waals surface area contributed by atoms with Crippen molar-refractivity contribution in [3.63, 3.8) is 0 Å². The average molecular weight is 360 g/mol. The van der Waals surface area contributed by atoms with Crippen molar-refractivity contribution in [3.05, 3.63) is 29.3 Å². The van der Waals surface area contributed by atoms with Gasteiger partial charge in [0.15, 0.2) is 0 Å². The first-order chi connectivity index (χ1) is 12.8. The number of rotatable bonds is 8. The number of para-hydroxylation sites is 1. The Morgan fingerprint density at radius 2 is 1.58 bits per heavy atom. The molecule has 1 aromatic carbocycles. The van der Waals surface area contributed by atoms with Crippen molar-refractivity contribution in [2.45, 2.75) is 95.9 Å². The van der Waals surface area contributed by atoms with Crippen LogP contribution >= 0.6 is 0 Å². The maximum absolute atomic E-state index is 6.30. The zero-order valence-corrected chi connectivity index (χ0v) is 16.4. The number of nitrogens with one attached hydrogen (secondary N) is 2. The lowest BCUT2D eigenvalue weighted by molar-refractivity contribution is 0.312. The molecule has 2 saturated carbocycles. The smallest absolute Gasteiger partial charge is 0.128 e. The summed E-state index contributed by atoms with van der Waals surface area (Å²) in [6.45, 7) is 4.51. The van der Waals surface area contributed by atoms with Crippen LogP contribution in [-0.4, -0.2) is 24.7 Å². The summed E-state index contributed by atoms with van der Waals surface area (Å²) in [5.41, 5.74) is 8.84. The predicted molar refractivity (Wildman–Crippen MR) is 108 cm³/mol. The molecule has 0 amide bonds. The highest BCUT2D eigenvalue weighted by molar-refractivity contribution is 5.41. The molecule has 2 fully saturated rings. The number of ether oxygens (including phenoxy) is 1. The summed E-state index contributed by atoms with van der Waals surface area (Å²) < 4.78 is 6.06. The van der Waals surface area contributed by atoms with Crippen LogP contribution in [0.5, 0.6) is 5.75 Å². The van der Waals surface area contributed by atoms with Gasteiger partial charge in [-0.15, -0.1) is 0 Å². The second kappa shape index (κ2) is 10.3. The molecule has 4 N–H and O–H groups in total. The molecule has 2 atom stereocenters. The van der Waals surface area contributed by atoms with E-state index in [-0.39, 0.29) is 6.04 Å². The van der Waals surface area contributed by atoms with Crippen molar-refractivity contribution in [3.8, 4) is 5.75 Å². The molecule has 2 aliphatic rings. The minimum absolute atomic E-state index is 0.287. The molecule has 0 radical (unpaired) electrons. The van der Waals surface area contributed by atoms with Crippen LogP contribution in [0.2, 0.25) is 0 Å². The van der Waals surface area contributed by atoms with Gasteiger partial charge in [-0.1, -0.05) is 50.3 Å². The summed E-state index contributed by atoms with van der Waals surface area (Å²) in [4.78, 5) is 0. The first-order valence-corrected chi connectivity index (χ1v) is 10.7. The van der Waals surface area contributed by atoms with Gasteiger partial charge in [0.2, 0.25) is 0 Å². The van der Waals surface area contributed by atoms with E-state index >= 15 is 0 Å². The standard InChI is InChI=1S/C22H37N3O/c1-2-26-22-17(15-24-19-11-4-3-5-12-19)9-8-10-18(22)16-25-21-14-7-6-13-20(21)23/h8-10,19-21,24-25H,2-7,11-16,23H2,1H3. The van der Waals surface area contributed by atoms with Crippen molar-refractivity contribution in [1.82, 2.24) is 10.6 Å². The first kappa shape index (κ1) is 19.7. The van der Waals surface area contributed by atoms with Crippen molar-refractivity contribution >= 4 is 0 Å². The van der Waals surface area contributed by atoms with Crippen LogP contribution in [0.25, 0.3) is 0 Å². The fourth-order valence-corrected chi connectivity index (χ4v) is 4.46. The zero-order valence-electron chi connectivity index (χ0n) is 16.4. The van der Waals surface area contributed by atoms with Crippen LogP contribution in [0.4, 0.5) is 0 Å². The van der Waals surface area contributed by atoms with E-state index in [1.165, 1.54) is 62.5 Å². The minimum Gasteiger partial charge on any atom is -0.493 e. The molecular formula is C22H37N3O. The lowest BCUT2D eigenvalue weighted by Gasteiger charge is -2.30. The zero-order chi connectivity index (χ0) is 18.2. The summed E-state index contributed by atoms with van der Waals surface area (Å²) in [5.74, 6) is 1.06. The Hall–Kier alpha value is -1.10. The maximum Gasteiger partial charge on any atom is 0.128 e. The highest BCUT2D eigenvalue weighted by Gasteiger charge is 2.22. The number of benzene rings is 1. The molecule has 146 valence electrons. The predicted octanol–water partition coefficient (Wildman–Crippen LogP) is 3.87. The lowest BCUT2D eigenvalue weighted by atomic mass is 9.91. The molecule has 1 aromatic rings. The largest absolute Gasteiger partial charge is 0.493 e. The van der Waals surface area contributed by atoms with Gasteiger partial charge in [0.1, 0.15) is 5.75 Å². The van der Waals surface area contributed by atoms with E-state index in [0.717, 1.165) is 25.3 Å². The molecule has 3 rings (SSSR count). The lowest BCUT2D eigenvalue weighted by Crippen LogP contribution is -2.46. The van der Waals surface area contributed by atoms with E-state index in [4.69, 9.17) is 10.5 Å². The van der Waals surface area contributed by atoms with E-state index in [1.54, 1.807) is 0 Å². The van der Waals surface area contributed by atoms with Gasteiger partial charge in [0.05, 0.1) is 6.61 Å². The van der Waals surface area contributed by atoms with E-state index in [0.29, 0.717) is 18.7 Å². The third-order valence-electron chi connectivity index (χ3n) is 6.03. The van der Waals surface area contributed by atoms with Gasteiger partial charge in [-0.2, -0.15) is 0 Å². The summed E-state index contributed by atoms with van der Waals surface area (Å²) >= 11 is 0. The molecule has 4 heteroatoms. The van der Waals surface area contributed by atoms with Crippen LogP contribution < -0.4 is 21.1 Å². The monoisotopic (exact) mass is 359 g/mol. The normalized spacial score (nSPS) is 24.5. The Morgan fingerprint density at radius 3 is 2.27 bits per heavy atom. The third kappa shape index (κ3) is 5.45. The Balaban J connectivity index is 1.62. The van der Waals surface area contributed by atoms with E-state index < -0.39 is 0 Å². The van der Waals surface area contributed by atoms with E-state index in [1.807, 2.05) is 0 Å². The summed E-state index contributed by atoms with van der Waals surface area (Å²) in [5, 5.41) is 7.45. The van der Waals surface area contributed by atoms with Crippen molar-refractivity contribution < 1.29 is 4.74 Å². The van der Waals surface area contributed by atoms with Gasteiger partial charge in [-0.25, -0.2) is 0 Å². The fourth-order valence-electron chi connectivity index (χ4n) is 4.46. The highest BCUT2D eigenvalue weighted by atomic mass is 16.5. The van der Waals surface area contributed by atoms with Crippen LogP contribution in [0.1, 0.15) is 75.8 Å². The first-order valence-electron chi connectivity index (χ1n) is 10.7. The molecule has 0 spiro atoms. The maximum atomic E-state index is 6.30. The molecule has 0 heterocycles. The number of hydrogen-bond donors (Lipinski definition) is 3. The number of hydrogen-bond acceptors (Lipinski definition) is 4. The Bertz CT molecular complexity index is 542. The highest BCUT2D eigenvalue weighted by Crippen LogP contribution is 2.26. The molecule has 4 nitrogen and oxygen atoms in total. The van der Waals surface area contributed by atoms with Crippen LogP contribution in [0, 0.1) is 0 Å². The Kier molecular flexibility index (Phi) is 7.78. The molecule has 0 aromatic heterocycles. The Labute approximate surface area is 159 Å². The van der Waals surface area contributed by atoms with Crippen LogP contribution in [-0.2, 0) is 13.1 Å². The summed E-state index contributed by atoms with van der Waals surface area (Å²) in [6.07, 6.45) is 11.6. The average Bonchev–Trinajstić information content (AvgIpc) is 2.68. The van der Waals surface area contributed by atoms with Crippen LogP contribution in [0.15, 0.2) is 18.2 Å². The molecule has 26 heavy (non-hydrogen) atoms. The van der Waals surface area contributed by atoms with Gasteiger partial charge in [0.25, 0.3) is 0 Å². The van der Waals surface area contributed by atoms with E-state index in [2.05, 4.69) is 35.8 Å². The summed E-state index contributed by atoms with van der Waals surface area (Å²) in [7, 11) is 0. The molecule has 0 saturated heterocycles. The SMILES string of the molecule is CCOc1c(CNC2CCCCC2)cccc1CNC1CCCCC1N. The van der Waals surface area contributed by atoms with Gasteiger partial charge in [-0.3, -0.25) is 0 Å². The van der Waals surface area contributed by atoms with Gasteiger partial charge >= 0.3 is 0 Å². The second-order valence-electron chi connectivity index (χ2n) is 7.99. The fraction of sp³-hybridized carbons (Fsp3) is 0.727. The second-order valence-corrected chi connectivity index (χ2v) is 7.99. The molecule has 2 aliphatic carbocycles. The van der Waals surface area contributed by atoms with Crippen molar-refractivity contribution in [2.75, 3.05) is 6.61 Å². The topological polar surface area (TPSA) is 59.3 Å². The molecule has 2 unspecified atom stereocenters. The molecular weight excluding hydrogens is 322 g/mol. The third-order valence-corrected chi connectivity index (χ3v) is 6.03. The number of nitrogens with two attached hydrogens (primary N) is 1. The van der Waals surface area contributed by atoms with Crippen molar-refractivity contribution in [1.29, 1.82) is 0 Å². The van der Waals surface area contributed by atoms with E-state index in [9.17, 15) is 0 Å².